The fourth-order valence-corrected chi connectivity index (χ4v) is 2.31. The molecule has 23 heavy (non-hydrogen) atoms. The summed E-state index contributed by atoms with van der Waals surface area (Å²) in [6.07, 6.45) is 12.9. The molecule has 0 N–H and O–H groups in total. The van der Waals surface area contributed by atoms with Gasteiger partial charge in [0, 0.05) is 0 Å². The van der Waals surface area contributed by atoms with Crippen LogP contribution < -0.4 is 0 Å². The van der Waals surface area contributed by atoms with E-state index in [0.29, 0.717) is 0 Å². The van der Waals surface area contributed by atoms with Crippen molar-refractivity contribution < 1.29 is 9.53 Å². The van der Waals surface area contributed by atoms with Gasteiger partial charge in [-0.15, -0.1) is 12.4 Å². The van der Waals surface area contributed by atoms with Crippen LogP contribution in [0.3, 0.4) is 0 Å². The number of hydrogen-bond donors (Lipinski definition) is 0. The molecule has 0 heterocycles. The predicted octanol–water partition coefficient (Wildman–Crippen LogP) is 5.60. The van der Waals surface area contributed by atoms with E-state index in [9.17, 15) is 4.79 Å². The van der Waals surface area contributed by atoms with Gasteiger partial charge in [-0.2, -0.15) is 0 Å². The normalized spacial score (nSPS) is 12.8. The van der Waals surface area contributed by atoms with Gasteiger partial charge in [0.05, 0.1) is 6.10 Å². The van der Waals surface area contributed by atoms with Crippen molar-refractivity contribution >= 4 is 18.4 Å². The second-order valence-corrected chi connectivity index (χ2v) is 7.29. The molecule has 1 unspecified atom stereocenters. The van der Waals surface area contributed by atoms with E-state index in [0.717, 1.165) is 12.8 Å². The van der Waals surface area contributed by atoms with Gasteiger partial charge in [0.2, 0.25) is 0 Å². The Morgan fingerprint density at radius 1 is 0.957 bits per heavy atom. The van der Waals surface area contributed by atoms with Crippen molar-refractivity contribution in [2.45, 2.75) is 104 Å². The van der Waals surface area contributed by atoms with Gasteiger partial charge in [-0.05, 0) is 47.7 Å². The highest BCUT2D eigenvalue weighted by atomic mass is 35.5. The van der Waals surface area contributed by atoms with Crippen LogP contribution in [-0.4, -0.2) is 36.6 Å². The third kappa shape index (κ3) is 11.8. The number of likely N-dealkylation sites (N-methyl/N-ethyl adjacent to an activating group) is 1. The summed E-state index contributed by atoms with van der Waals surface area (Å²) < 4.78 is 5.57. The van der Waals surface area contributed by atoms with Crippen molar-refractivity contribution in [1.29, 1.82) is 0 Å². The number of esters is 1. The largest absolute Gasteiger partial charge is 0.461 e. The van der Waals surface area contributed by atoms with Gasteiger partial charge in [-0.25, -0.2) is 0 Å². The van der Waals surface area contributed by atoms with Crippen molar-refractivity contribution in [2.24, 2.45) is 0 Å². The third-order valence-electron chi connectivity index (χ3n) is 4.64. The molecule has 0 rings (SSSR count). The number of halogens is 1. The summed E-state index contributed by atoms with van der Waals surface area (Å²) in [4.78, 5) is 14.0. The second-order valence-electron chi connectivity index (χ2n) is 7.29. The Morgan fingerprint density at radius 3 is 1.83 bits per heavy atom. The second kappa shape index (κ2) is 14.1. The summed E-state index contributed by atoms with van der Waals surface area (Å²) in [6, 6.07) is 0. The minimum atomic E-state index is -0.549. The monoisotopic (exact) mass is 349 g/mol. The maximum Gasteiger partial charge on any atom is 0.326 e. The van der Waals surface area contributed by atoms with Gasteiger partial charge in [0.25, 0.3) is 0 Å². The molecular formula is C19H40ClNO2. The van der Waals surface area contributed by atoms with Crippen LogP contribution in [0.4, 0.5) is 0 Å². The molecule has 0 spiro atoms. The van der Waals surface area contributed by atoms with Crippen molar-refractivity contribution in [3.63, 3.8) is 0 Å². The zero-order valence-corrected chi connectivity index (χ0v) is 17.1. The van der Waals surface area contributed by atoms with Crippen molar-refractivity contribution in [2.75, 3.05) is 14.1 Å². The van der Waals surface area contributed by atoms with Crippen molar-refractivity contribution in [3.05, 3.63) is 0 Å². The quantitative estimate of drug-likeness (QED) is 0.320. The number of carbonyl (C=O) groups is 1. The van der Waals surface area contributed by atoms with Gasteiger partial charge in [0.1, 0.15) is 5.54 Å². The molecule has 1 atom stereocenters. The minimum Gasteiger partial charge on any atom is -0.461 e. The van der Waals surface area contributed by atoms with Gasteiger partial charge in [-0.3, -0.25) is 9.69 Å². The van der Waals surface area contributed by atoms with E-state index >= 15 is 0 Å². The van der Waals surface area contributed by atoms with E-state index in [-0.39, 0.29) is 24.5 Å². The van der Waals surface area contributed by atoms with Crippen LogP contribution in [0, 0.1) is 0 Å². The summed E-state index contributed by atoms with van der Waals surface area (Å²) in [7, 11) is 3.82. The van der Waals surface area contributed by atoms with E-state index in [1.54, 1.807) is 0 Å². The summed E-state index contributed by atoms with van der Waals surface area (Å²) in [5, 5.41) is 0. The lowest BCUT2D eigenvalue weighted by molar-refractivity contribution is -0.159. The third-order valence-corrected chi connectivity index (χ3v) is 4.64. The topological polar surface area (TPSA) is 29.5 Å². The fraction of sp³-hybridized carbons (Fsp3) is 0.947. The number of unbranched alkanes of at least 4 members (excludes halogenated alkanes) is 8. The fourth-order valence-electron chi connectivity index (χ4n) is 2.31. The van der Waals surface area contributed by atoms with Crippen LogP contribution in [0.2, 0.25) is 0 Å². The molecule has 4 heteroatoms. The Hall–Kier alpha value is -0.280. The lowest BCUT2D eigenvalue weighted by Crippen LogP contribution is -2.47. The molecular weight excluding hydrogens is 310 g/mol. The average molecular weight is 350 g/mol. The first-order chi connectivity index (χ1) is 10.3. The summed E-state index contributed by atoms with van der Waals surface area (Å²) in [5.74, 6) is -0.124. The minimum absolute atomic E-state index is 0. The lowest BCUT2D eigenvalue weighted by atomic mass is 10.0. The number of nitrogens with zero attached hydrogens (tertiary/aromatic N) is 1. The highest BCUT2D eigenvalue weighted by molar-refractivity contribution is 5.85. The molecule has 0 aliphatic rings. The Balaban J connectivity index is 0. The number of ether oxygens (including phenoxy) is 1. The maximum absolute atomic E-state index is 12.1. The summed E-state index contributed by atoms with van der Waals surface area (Å²) in [6.45, 7) is 8.07. The van der Waals surface area contributed by atoms with E-state index in [1.165, 1.54) is 51.4 Å². The molecule has 0 aromatic rings. The molecule has 140 valence electrons. The molecule has 0 amide bonds. The van der Waals surface area contributed by atoms with Gasteiger partial charge < -0.3 is 4.74 Å². The van der Waals surface area contributed by atoms with E-state index in [1.807, 2.05) is 39.8 Å². The van der Waals surface area contributed by atoms with Crippen molar-refractivity contribution in [3.8, 4) is 0 Å². The molecule has 0 saturated carbocycles. The molecule has 0 fully saturated rings. The summed E-state index contributed by atoms with van der Waals surface area (Å²) in [5.41, 5.74) is -0.549. The van der Waals surface area contributed by atoms with E-state index in [2.05, 4.69) is 6.92 Å². The Kier molecular flexibility index (Phi) is 15.3. The van der Waals surface area contributed by atoms with Crippen LogP contribution in [-0.2, 0) is 9.53 Å². The summed E-state index contributed by atoms with van der Waals surface area (Å²) >= 11 is 0. The van der Waals surface area contributed by atoms with Crippen molar-refractivity contribution in [1.82, 2.24) is 4.90 Å². The first-order valence-electron chi connectivity index (χ1n) is 9.20. The Morgan fingerprint density at radius 2 is 1.39 bits per heavy atom. The average Bonchev–Trinajstić information content (AvgIpc) is 2.45. The first-order valence-corrected chi connectivity index (χ1v) is 9.20. The van der Waals surface area contributed by atoms with Crippen LogP contribution in [0.5, 0.6) is 0 Å². The van der Waals surface area contributed by atoms with E-state index < -0.39 is 5.54 Å². The van der Waals surface area contributed by atoms with Crippen LogP contribution in [0.25, 0.3) is 0 Å². The highest BCUT2D eigenvalue weighted by Gasteiger charge is 2.32. The molecule has 0 saturated heterocycles. The van der Waals surface area contributed by atoms with E-state index in [4.69, 9.17) is 4.74 Å². The molecule has 0 radical (unpaired) electrons. The van der Waals surface area contributed by atoms with Gasteiger partial charge in [0.15, 0.2) is 0 Å². The molecule has 0 bridgehead atoms. The predicted molar refractivity (Wildman–Crippen MR) is 102 cm³/mol. The van der Waals surface area contributed by atoms with Gasteiger partial charge in [-0.1, -0.05) is 58.3 Å². The number of carbonyl (C=O) groups excluding carboxylic acids is 1. The molecule has 0 aromatic carbocycles. The van der Waals surface area contributed by atoms with Gasteiger partial charge >= 0.3 is 5.97 Å². The lowest BCUT2D eigenvalue weighted by Gasteiger charge is -2.31. The molecule has 0 aliphatic heterocycles. The van der Waals surface area contributed by atoms with Crippen LogP contribution in [0.15, 0.2) is 0 Å². The standard InChI is InChI=1S/C19H39NO2.ClH/c1-7-8-9-10-11-12-13-14-15-16-17(2)22-18(21)19(3,4)20(5)6;/h17H,7-16H2,1-6H3;1H. The number of rotatable bonds is 13. The molecule has 0 aliphatic carbocycles. The smallest absolute Gasteiger partial charge is 0.326 e. The molecule has 3 nitrogen and oxygen atoms in total. The zero-order chi connectivity index (χ0) is 17.0. The zero-order valence-electron chi connectivity index (χ0n) is 16.3. The first kappa shape index (κ1) is 25.0. The van der Waals surface area contributed by atoms with Crippen LogP contribution in [0.1, 0.15) is 91.9 Å². The Labute approximate surface area is 150 Å². The highest BCUT2D eigenvalue weighted by Crippen LogP contribution is 2.16. The number of hydrogen-bond acceptors (Lipinski definition) is 3. The maximum atomic E-state index is 12.1. The SMILES string of the molecule is CCCCCCCCCCCC(C)OC(=O)C(C)(C)N(C)C.Cl. The van der Waals surface area contributed by atoms with Crippen LogP contribution >= 0.6 is 12.4 Å². The molecule has 0 aromatic heterocycles. The Bertz CT molecular complexity index is 293.